The maximum Gasteiger partial charge on any atom is 0.287 e. The minimum atomic E-state index is -0.962. The van der Waals surface area contributed by atoms with Gasteiger partial charge < -0.3 is 0 Å². The quantitative estimate of drug-likeness (QED) is 0.724. The van der Waals surface area contributed by atoms with Crippen molar-refractivity contribution in [1.29, 1.82) is 0 Å². The number of benzene rings is 2. The van der Waals surface area contributed by atoms with E-state index < -0.39 is 11.4 Å². The Morgan fingerprint density at radius 2 is 1.56 bits per heavy atom. The van der Waals surface area contributed by atoms with Crippen molar-refractivity contribution in [3.8, 4) is 0 Å². The van der Waals surface area contributed by atoms with Crippen LogP contribution in [0.4, 0.5) is 0 Å². The van der Waals surface area contributed by atoms with Gasteiger partial charge in [-0.3, -0.25) is 24.4 Å². The van der Waals surface area contributed by atoms with E-state index in [-0.39, 0.29) is 17.5 Å². The number of aromatic nitrogens is 1. The van der Waals surface area contributed by atoms with E-state index in [1.165, 1.54) is 23.4 Å². The minimum absolute atomic E-state index is 0.255. The number of nitrogens with one attached hydrogen (secondary N) is 1. The first-order valence-electron chi connectivity index (χ1n) is 8.69. The smallest absolute Gasteiger partial charge is 0.275 e. The highest BCUT2D eigenvalue weighted by Gasteiger charge is 2.48. The van der Waals surface area contributed by atoms with E-state index in [2.05, 4.69) is 5.43 Å². The number of hydrogen-bond acceptors (Lipinski definition) is 3. The lowest BCUT2D eigenvalue weighted by atomic mass is 9.80. The van der Waals surface area contributed by atoms with Crippen molar-refractivity contribution in [1.82, 2.24) is 15.0 Å². The lowest BCUT2D eigenvalue weighted by molar-refractivity contribution is -0.137. The third-order valence-electron chi connectivity index (χ3n) is 5.20. The molecule has 0 saturated heterocycles. The van der Waals surface area contributed by atoms with Gasteiger partial charge in [0.25, 0.3) is 5.91 Å². The molecule has 1 unspecified atom stereocenters. The molecule has 6 heteroatoms. The van der Waals surface area contributed by atoms with Crippen molar-refractivity contribution in [2.45, 2.75) is 26.3 Å². The van der Waals surface area contributed by atoms with Crippen LogP contribution in [0, 0.1) is 0 Å². The summed E-state index contributed by atoms with van der Waals surface area (Å²) in [4.78, 5) is 37.8. The van der Waals surface area contributed by atoms with Gasteiger partial charge >= 0.3 is 0 Å². The molecule has 0 spiro atoms. The zero-order chi connectivity index (χ0) is 19.3. The average molecular weight is 361 g/mol. The van der Waals surface area contributed by atoms with Crippen molar-refractivity contribution in [3.05, 3.63) is 71.4 Å². The van der Waals surface area contributed by atoms with Crippen LogP contribution in [0.3, 0.4) is 0 Å². The van der Waals surface area contributed by atoms with Crippen molar-refractivity contribution in [3.63, 3.8) is 0 Å². The molecule has 1 N–H and O–H groups in total. The fraction of sp³-hybridized carbons (Fsp3) is 0.190. The van der Waals surface area contributed by atoms with Gasteiger partial charge in [0, 0.05) is 24.8 Å². The molecule has 1 aliphatic rings. The molecule has 0 aliphatic carbocycles. The summed E-state index contributed by atoms with van der Waals surface area (Å²) in [5.74, 6) is -1.02. The summed E-state index contributed by atoms with van der Waals surface area (Å²) in [5.41, 5.74) is 4.14. The maximum absolute atomic E-state index is 12.9. The van der Waals surface area contributed by atoms with Gasteiger partial charge in [-0.1, -0.05) is 48.5 Å². The topological polar surface area (TPSA) is 71.4 Å². The van der Waals surface area contributed by atoms with Crippen LogP contribution in [-0.2, 0) is 10.3 Å². The number of rotatable bonds is 1. The van der Waals surface area contributed by atoms with Gasteiger partial charge in [0.1, 0.15) is 11.2 Å². The fourth-order valence-corrected chi connectivity index (χ4v) is 4.08. The summed E-state index contributed by atoms with van der Waals surface area (Å²) in [6.07, 6.45) is 0. The van der Waals surface area contributed by atoms with Crippen LogP contribution in [0.5, 0.6) is 0 Å². The van der Waals surface area contributed by atoms with Gasteiger partial charge in [-0.2, -0.15) is 0 Å². The highest BCUT2D eigenvalue weighted by molar-refractivity contribution is 6.09. The third-order valence-corrected chi connectivity index (χ3v) is 5.20. The summed E-state index contributed by atoms with van der Waals surface area (Å²) in [7, 11) is 0. The molecule has 1 aliphatic heterocycles. The number of fused-ring (bicyclic) bond motifs is 3. The molecule has 0 saturated carbocycles. The number of carbonyl (C=O) groups excluding carboxylic acids is 3. The van der Waals surface area contributed by atoms with E-state index in [0.29, 0.717) is 11.1 Å². The molecule has 136 valence electrons. The number of nitrogens with zero attached hydrogens (tertiary/aromatic N) is 2. The van der Waals surface area contributed by atoms with E-state index in [1.807, 2.05) is 61.5 Å². The molecule has 6 nitrogen and oxygen atoms in total. The molecule has 1 atom stereocenters. The van der Waals surface area contributed by atoms with Crippen LogP contribution in [0.1, 0.15) is 47.2 Å². The van der Waals surface area contributed by atoms with Crippen LogP contribution < -0.4 is 5.43 Å². The Morgan fingerprint density at radius 3 is 2.19 bits per heavy atom. The van der Waals surface area contributed by atoms with Crippen molar-refractivity contribution < 1.29 is 14.4 Å². The first kappa shape index (κ1) is 17.0. The summed E-state index contributed by atoms with van der Waals surface area (Å²) in [6.45, 7) is 4.73. The predicted molar refractivity (Wildman–Crippen MR) is 101 cm³/mol. The first-order valence-corrected chi connectivity index (χ1v) is 8.69. The molecule has 0 bridgehead atoms. The second-order valence-corrected chi connectivity index (χ2v) is 6.83. The largest absolute Gasteiger partial charge is 0.287 e. The molecule has 4 rings (SSSR count). The highest BCUT2D eigenvalue weighted by Crippen LogP contribution is 2.44. The summed E-state index contributed by atoms with van der Waals surface area (Å²) >= 11 is 0. The standard InChI is InChI=1S/C21H19N3O3/c1-13(25)23-17-12-8-7-11-16(17)18-19(23)20(27)22-24(14(2)26)21(18,3)15-9-5-4-6-10-15/h4-12H,1-3H3,(H,22,27). The molecule has 3 aromatic rings. The minimum Gasteiger partial charge on any atom is -0.275 e. The maximum atomic E-state index is 12.9. The summed E-state index contributed by atoms with van der Waals surface area (Å²) in [6, 6.07) is 16.9. The van der Waals surface area contributed by atoms with Crippen LogP contribution in [0.15, 0.2) is 54.6 Å². The zero-order valence-corrected chi connectivity index (χ0v) is 15.3. The molecule has 0 fully saturated rings. The Morgan fingerprint density at radius 1 is 0.926 bits per heavy atom. The monoisotopic (exact) mass is 361 g/mol. The molecule has 27 heavy (non-hydrogen) atoms. The van der Waals surface area contributed by atoms with Gasteiger partial charge in [0.15, 0.2) is 0 Å². The normalized spacial score (nSPS) is 18.9. The number of carbonyl (C=O) groups is 3. The Hall–Kier alpha value is -3.41. The van der Waals surface area contributed by atoms with E-state index in [1.54, 1.807) is 0 Å². The number of hydrazine groups is 1. The van der Waals surface area contributed by atoms with Crippen LogP contribution >= 0.6 is 0 Å². The second kappa shape index (κ2) is 5.81. The van der Waals surface area contributed by atoms with Crippen LogP contribution in [0.25, 0.3) is 10.9 Å². The fourth-order valence-electron chi connectivity index (χ4n) is 4.08. The number of amides is 2. The van der Waals surface area contributed by atoms with Crippen molar-refractivity contribution in [2.24, 2.45) is 0 Å². The van der Waals surface area contributed by atoms with Crippen molar-refractivity contribution >= 4 is 28.6 Å². The molecule has 2 heterocycles. The Kier molecular flexibility index (Phi) is 3.66. The van der Waals surface area contributed by atoms with Gasteiger partial charge in [-0.05, 0) is 18.6 Å². The summed E-state index contributed by atoms with van der Waals surface area (Å²) in [5, 5.41) is 2.12. The van der Waals surface area contributed by atoms with Gasteiger partial charge in [0.2, 0.25) is 11.8 Å². The average Bonchev–Trinajstić information content (AvgIpc) is 3.02. The van der Waals surface area contributed by atoms with E-state index in [0.717, 1.165) is 10.9 Å². The van der Waals surface area contributed by atoms with Crippen LogP contribution in [0.2, 0.25) is 0 Å². The molecule has 2 aromatic carbocycles. The zero-order valence-electron chi connectivity index (χ0n) is 15.3. The lowest BCUT2D eigenvalue weighted by Crippen LogP contribution is -2.60. The van der Waals surface area contributed by atoms with E-state index in [9.17, 15) is 14.4 Å². The van der Waals surface area contributed by atoms with Gasteiger partial charge in [-0.25, -0.2) is 5.01 Å². The lowest BCUT2D eigenvalue weighted by Gasteiger charge is -2.44. The SMILES string of the molecule is CC(=O)N1NC(=O)c2c(c3ccccc3n2C(C)=O)C1(C)c1ccccc1. The number of hydrogen-bond donors (Lipinski definition) is 1. The molecular formula is C21H19N3O3. The Labute approximate surface area is 156 Å². The Bertz CT molecular complexity index is 1100. The van der Waals surface area contributed by atoms with E-state index >= 15 is 0 Å². The summed E-state index contributed by atoms with van der Waals surface area (Å²) < 4.78 is 1.43. The van der Waals surface area contributed by atoms with Crippen molar-refractivity contribution in [2.75, 3.05) is 0 Å². The van der Waals surface area contributed by atoms with E-state index in [4.69, 9.17) is 0 Å². The van der Waals surface area contributed by atoms with Gasteiger partial charge in [-0.15, -0.1) is 0 Å². The molecule has 1 aromatic heterocycles. The molecule has 2 amide bonds. The molecule has 0 radical (unpaired) electrons. The number of para-hydroxylation sites is 1. The van der Waals surface area contributed by atoms with Crippen LogP contribution in [-0.4, -0.2) is 27.3 Å². The molecular weight excluding hydrogens is 342 g/mol. The first-order chi connectivity index (χ1) is 12.9. The predicted octanol–water partition coefficient (Wildman–Crippen LogP) is 3.07. The highest BCUT2D eigenvalue weighted by atomic mass is 16.2. The van der Waals surface area contributed by atoms with Gasteiger partial charge in [0.05, 0.1) is 5.52 Å². The second-order valence-electron chi connectivity index (χ2n) is 6.83. The Balaban J connectivity index is 2.19. The third kappa shape index (κ3) is 2.23.